The number of hydrogen-bond donors (Lipinski definition) is 1. The van der Waals surface area contributed by atoms with Crippen LogP contribution in [0.1, 0.15) is 0 Å². The van der Waals surface area contributed by atoms with E-state index in [9.17, 15) is 9.18 Å². The van der Waals surface area contributed by atoms with Gasteiger partial charge in [-0.15, -0.1) is 0 Å². The van der Waals surface area contributed by atoms with Crippen LogP contribution < -0.4 is 19.5 Å². The molecule has 3 aromatic carbocycles. The fourth-order valence-corrected chi connectivity index (χ4v) is 3.74. The van der Waals surface area contributed by atoms with E-state index < -0.39 is 0 Å². The first kappa shape index (κ1) is 21.3. The molecule has 1 N–H and O–H groups in total. The van der Waals surface area contributed by atoms with Crippen LogP contribution in [0.25, 0.3) is 21.8 Å². The summed E-state index contributed by atoms with van der Waals surface area (Å²) in [5, 5.41) is 4.35. The normalized spacial score (nSPS) is 10.9. The number of halogens is 1. The molecule has 0 radical (unpaired) electrons. The minimum Gasteiger partial charge on any atom is -0.493 e. The largest absolute Gasteiger partial charge is 0.493 e. The highest BCUT2D eigenvalue weighted by molar-refractivity contribution is 5.98. The predicted molar refractivity (Wildman–Crippen MR) is 128 cm³/mol. The molecule has 0 saturated heterocycles. The van der Waals surface area contributed by atoms with Gasteiger partial charge in [0, 0.05) is 34.9 Å². The molecule has 0 bridgehead atoms. The third-order valence-corrected chi connectivity index (χ3v) is 5.41. The highest BCUT2D eigenvalue weighted by Gasteiger charge is 2.13. The minimum absolute atomic E-state index is 0.351. The van der Waals surface area contributed by atoms with Gasteiger partial charge in [0.25, 0.3) is 0 Å². The van der Waals surface area contributed by atoms with Gasteiger partial charge in [-0.3, -0.25) is 9.55 Å². The molecule has 2 heterocycles. The monoisotopic (exact) mass is 457 g/mol. The van der Waals surface area contributed by atoms with Gasteiger partial charge in [-0.25, -0.2) is 9.18 Å². The van der Waals surface area contributed by atoms with E-state index in [1.807, 2.05) is 24.3 Å². The summed E-state index contributed by atoms with van der Waals surface area (Å²) in [5.41, 5.74) is 1.92. The van der Waals surface area contributed by atoms with E-state index in [2.05, 4.69) is 10.3 Å². The summed E-state index contributed by atoms with van der Waals surface area (Å²) in [5.74, 6) is 2.01. The Balaban J connectivity index is 1.43. The van der Waals surface area contributed by atoms with Crippen molar-refractivity contribution in [1.29, 1.82) is 0 Å². The highest BCUT2D eigenvalue weighted by Crippen LogP contribution is 2.37. The van der Waals surface area contributed by atoms with Gasteiger partial charge in [0.05, 0.1) is 25.3 Å². The number of benzene rings is 3. The number of ether oxygens (including phenoxy) is 3. The Morgan fingerprint density at radius 3 is 2.44 bits per heavy atom. The molecule has 5 aromatic rings. The highest BCUT2D eigenvalue weighted by atomic mass is 19.1. The minimum atomic E-state index is -0.364. The lowest BCUT2D eigenvalue weighted by Crippen LogP contribution is -2.18. The number of nitrogens with one attached hydrogen (secondary N) is 1. The van der Waals surface area contributed by atoms with Gasteiger partial charge in [-0.2, -0.15) is 0 Å². The van der Waals surface area contributed by atoms with Crippen molar-refractivity contribution in [3.8, 4) is 23.0 Å². The molecule has 170 valence electrons. The number of carbonyl (C=O) groups excluding carboxylic acids is 1. The van der Waals surface area contributed by atoms with Crippen LogP contribution >= 0.6 is 0 Å². The fourth-order valence-electron chi connectivity index (χ4n) is 3.74. The average molecular weight is 457 g/mol. The van der Waals surface area contributed by atoms with E-state index in [4.69, 9.17) is 14.2 Å². The van der Waals surface area contributed by atoms with E-state index in [0.29, 0.717) is 39.7 Å². The summed E-state index contributed by atoms with van der Waals surface area (Å²) in [7, 11) is 3.15. The molecular weight excluding hydrogens is 437 g/mol. The van der Waals surface area contributed by atoms with Crippen molar-refractivity contribution in [3.05, 3.63) is 84.9 Å². The number of amides is 1. The van der Waals surface area contributed by atoms with Gasteiger partial charge in [0.1, 0.15) is 17.3 Å². The standard InChI is InChI=1S/C26H20FN3O4/c1-32-24-14-20-21(15-25(24)33-2)28-11-9-23(20)34-19-7-8-22-16(13-19)10-12-30(22)26(31)29-18-5-3-17(27)4-6-18/h3-15H,1-2H3,(H,29,31). The van der Waals surface area contributed by atoms with E-state index >= 15 is 0 Å². The van der Waals surface area contributed by atoms with Crippen molar-refractivity contribution in [2.24, 2.45) is 0 Å². The number of rotatable bonds is 5. The van der Waals surface area contributed by atoms with E-state index in [1.165, 1.54) is 28.8 Å². The number of pyridine rings is 1. The molecule has 5 rings (SSSR count). The van der Waals surface area contributed by atoms with E-state index in [0.717, 1.165) is 10.8 Å². The van der Waals surface area contributed by atoms with Crippen molar-refractivity contribution in [3.63, 3.8) is 0 Å². The molecule has 0 unspecified atom stereocenters. The van der Waals surface area contributed by atoms with Crippen LogP contribution in [0.3, 0.4) is 0 Å². The fraction of sp³-hybridized carbons (Fsp3) is 0.0769. The van der Waals surface area contributed by atoms with Crippen LogP contribution in [-0.4, -0.2) is 29.8 Å². The second-order valence-corrected chi connectivity index (χ2v) is 7.48. The topological polar surface area (TPSA) is 74.6 Å². The maximum Gasteiger partial charge on any atom is 0.330 e. The van der Waals surface area contributed by atoms with Gasteiger partial charge in [-0.05, 0) is 60.7 Å². The Bertz CT molecular complexity index is 1510. The number of fused-ring (bicyclic) bond motifs is 2. The van der Waals surface area contributed by atoms with Crippen molar-refractivity contribution in [2.45, 2.75) is 0 Å². The van der Waals surface area contributed by atoms with E-state index in [1.54, 1.807) is 44.8 Å². The van der Waals surface area contributed by atoms with Gasteiger partial charge in [0.15, 0.2) is 11.5 Å². The van der Waals surface area contributed by atoms with Crippen LogP contribution in [0.2, 0.25) is 0 Å². The molecule has 0 atom stereocenters. The SMILES string of the molecule is COc1cc2nccc(Oc3ccc4c(ccn4C(=O)Nc4ccc(F)cc4)c3)c2cc1OC. The number of methoxy groups -OCH3 is 2. The Hall–Kier alpha value is -4.59. The summed E-state index contributed by atoms with van der Waals surface area (Å²) in [6.45, 7) is 0. The maximum atomic E-state index is 13.1. The first-order chi connectivity index (χ1) is 16.6. The van der Waals surface area contributed by atoms with Crippen LogP contribution in [0, 0.1) is 5.82 Å². The zero-order valence-electron chi connectivity index (χ0n) is 18.4. The zero-order chi connectivity index (χ0) is 23.7. The van der Waals surface area contributed by atoms with Gasteiger partial charge < -0.3 is 19.5 Å². The van der Waals surface area contributed by atoms with Gasteiger partial charge in [0.2, 0.25) is 0 Å². The predicted octanol–water partition coefficient (Wildman–Crippen LogP) is 6.22. The van der Waals surface area contributed by atoms with Crippen molar-refractivity contribution in [2.75, 3.05) is 19.5 Å². The molecule has 0 aliphatic carbocycles. The smallest absolute Gasteiger partial charge is 0.330 e. The lowest BCUT2D eigenvalue weighted by atomic mass is 10.1. The Kier molecular flexibility index (Phi) is 5.47. The second-order valence-electron chi connectivity index (χ2n) is 7.48. The van der Waals surface area contributed by atoms with Crippen molar-refractivity contribution in [1.82, 2.24) is 9.55 Å². The Morgan fingerprint density at radius 2 is 1.68 bits per heavy atom. The first-order valence-electron chi connectivity index (χ1n) is 10.4. The van der Waals surface area contributed by atoms with Crippen molar-refractivity contribution >= 4 is 33.5 Å². The molecule has 0 spiro atoms. The Morgan fingerprint density at radius 1 is 0.912 bits per heavy atom. The number of aromatic nitrogens is 2. The maximum absolute atomic E-state index is 13.1. The number of hydrogen-bond acceptors (Lipinski definition) is 5. The molecule has 0 fully saturated rings. The van der Waals surface area contributed by atoms with Gasteiger partial charge in [-0.1, -0.05) is 0 Å². The molecule has 1 amide bonds. The molecule has 8 heteroatoms. The first-order valence-corrected chi connectivity index (χ1v) is 10.4. The molecule has 34 heavy (non-hydrogen) atoms. The molecular formula is C26H20FN3O4. The summed E-state index contributed by atoms with van der Waals surface area (Å²) < 4.78 is 31.5. The second kappa shape index (κ2) is 8.74. The molecule has 0 aliphatic rings. The van der Waals surface area contributed by atoms with Crippen LogP contribution in [0.5, 0.6) is 23.0 Å². The molecule has 7 nitrogen and oxygen atoms in total. The lowest BCUT2D eigenvalue weighted by molar-refractivity contribution is 0.254. The van der Waals surface area contributed by atoms with Crippen LogP contribution in [0.4, 0.5) is 14.9 Å². The summed E-state index contributed by atoms with van der Waals surface area (Å²) >= 11 is 0. The van der Waals surface area contributed by atoms with Gasteiger partial charge >= 0.3 is 6.03 Å². The number of nitrogens with zero attached hydrogens (tertiary/aromatic N) is 2. The van der Waals surface area contributed by atoms with Crippen LogP contribution in [0.15, 0.2) is 79.1 Å². The average Bonchev–Trinajstić information content (AvgIpc) is 3.28. The third-order valence-electron chi connectivity index (χ3n) is 5.41. The Labute approximate surface area is 194 Å². The number of anilines is 1. The van der Waals surface area contributed by atoms with Crippen molar-refractivity contribution < 1.29 is 23.4 Å². The summed E-state index contributed by atoms with van der Waals surface area (Å²) in [6.07, 6.45) is 3.34. The zero-order valence-corrected chi connectivity index (χ0v) is 18.4. The van der Waals surface area contributed by atoms with E-state index in [-0.39, 0.29) is 11.8 Å². The third kappa shape index (κ3) is 3.97. The number of carbonyl (C=O) groups is 1. The van der Waals surface area contributed by atoms with Crippen LogP contribution in [-0.2, 0) is 0 Å². The molecule has 0 saturated carbocycles. The summed E-state index contributed by atoms with van der Waals surface area (Å²) in [4.78, 5) is 17.1. The molecule has 2 aromatic heterocycles. The quantitative estimate of drug-likeness (QED) is 0.339. The molecule has 0 aliphatic heterocycles. The summed E-state index contributed by atoms with van der Waals surface area (Å²) in [6, 6.07) is 17.9. The lowest BCUT2D eigenvalue weighted by Gasteiger charge is -2.12.